The smallest absolute Gasteiger partial charge is 0.408 e. The van der Waals surface area contributed by atoms with E-state index in [1.165, 1.54) is 0 Å². The van der Waals surface area contributed by atoms with Crippen LogP contribution in [0.5, 0.6) is 0 Å². The van der Waals surface area contributed by atoms with Crippen LogP contribution in [0.3, 0.4) is 0 Å². The minimum absolute atomic E-state index is 0.00212. The number of nitrogens with one attached hydrogen (secondary N) is 1. The molecule has 0 unspecified atom stereocenters. The largest absolute Gasteiger partial charge is 0.444 e. The van der Waals surface area contributed by atoms with Gasteiger partial charge in [-0.05, 0) is 60.3 Å². The SMILES string of the molecule is C[C@@H]1CC[C@@H]2C/C=C\C[C@](C)(NC(=O)OC(C)(C)C)C(=O)N21. The van der Waals surface area contributed by atoms with Gasteiger partial charge in [0.15, 0.2) is 0 Å². The summed E-state index contributed by atoms with van der Waals surface area (Å²) in [6.45, 7) is 9.31. The molecule has 0 saturated carbocycles. The van der Waals surface area contributed by atoms with Crippen LogP contribution >= 0.6 is 0 Å². The summed E-state index contributed by atoms with van der Waals surface area (Å²) < 4.78 is 5.32. The average molecular weight is 308 g/mol. The predicted octanol–water partition coefficient (Wildman–Crippen LogP) is 3.00. The molecule has 1 saturated heterocycles. The van der Waals surface area contributed by atoms with Gasteiger partial charge in [0, 0.05) is 12.1 Å². The molecular formula is C17H28N2O3. The fourth-order valence-electron chi connectivity index (χ4n) is 3.25. The third-order valence-corrected chi connectivity index (χ3v) is 4.37. The summed E-state index contributed by atoms with van der Waals surface area (Å²) in [4.78, 5) is 27.1. The van der Waals surface area contributed by atoms with E-state index >= 15 is 0 Å². The fourth-order valence-corrected chi connectivity index (χ4v) is 3.25. The van der Waals surface area contributed by atoms with Crippen LogP contribution in [0.1, 0.15) is 60.3 Å². The molecule has 2 rings (SSSR count). The van der Waals surface area contributed by atoms with Crippen molar-refractivity contribution in [1.29, 1.82) is 0 Å². The van der Waals surface area contributed by atoms with Crippen LogP contribution in [0.2, 0.25) is 0 Å². The highest BCUT2D eigenvalue weighted by Gasteiger charge is 2.45. The molecule has 1 N–H and O–H groups in total. The lowest BCUT2D eigenvalue weighted by molar-refractivity contribution is -0.140. The van der Waals surface area contributed by atoms with Crippen molar-refractivity contribution in [3.05, 3.63) is 12.2 Å². The number of ether oxygens (including phenoxy) is 1. The van der Waals surface area contributed by atoms with Crippen molar-refractivity contribution in [1.82, 2.24) is 10.2 Å². The van der Waals surface area contributed by atoms with Crippen molar-refractivity contribution in [2.75, 3.05) is 0 Å². The first-order chi connectivity index (χ1) is 10.1. The molecule has 2 heterocycles. The molecule has 0 bridgehead atoms. The second-order valence-corrected chi connectivity index (χ2v) is 7.66. The molecule has 0 radical (unpaired) electrons. The number of hydrogen-bond acceptors (Lipinski definition) is 3. The van der Waals surface area contributed by atoms with Crippen LogP contribution in [0.15, 0.2) is 12.2 Å². The van der Waals surface area contributed by atoms with E-state index in [1.807, 2.05) is 31.7 Å². The summed E-state index contributed by atoms with van der Waals surface area (Å²) in [5.74, 6) is -0.00212. The third kappa shape index (κ3) is 3.62. The molecule has 0 aromatic rings. The average Bonchev–Trinajstić information content (AvgIpc) is 2.71. The highest BCUT2D eigenvalue weighted by Crippen LogP contribution is 2.32. The van der Waals surface area contributed by atoms with E-state index in [0.29, 0.717) is 6.42 Å². The van der Waals surface area contributed by atoms with Gasteiger partial charge in [-0.15, -0.1) is 0 Å². The molecule has 5 heteroatoms. The third-order valence-electron chi connectivity index (χ3n) is 4.37. The number of nitrogens with zero attached hydrogens (tertiary/aromatic N) is 1. The Morgan fingerprint density at radius 2 is 2.05 bits per heavy atom. The van der Waals surface area contributed by atoms with Crippen LogP contribution in [-0.2, 0) is 9.53 Å². The molecule has 124 valence electrons. The first kappa shape index (κ1) is 16.8. The number of amides is 2. The van der Waals surface area contributed by atoms with Crippen LogP contribution < -0.4 is 5.32 Å². The Hall–Kier alpha value is -1.52. The molecule has 0 aromatic heterocycles. The van der Waals surface area contributed by atoms with Crippen molar-refractivity contribution in [3.63, 3.8) is 0 Å². The molecule has 22 heavy (non-hydrogen) atoms. The van der Waals surface area contributed by atoms with E-state index in [0.717, 1.165) is 19.3 Å². The Labute approximate surface area is 133 Å². The van der Waals surface area contributed by atoms with Crippen molar-refractivity contribution < 1.29 is 14.3 Å². The van der Waals surface area contributed by atoms with Gasteiger partial charge in [0.2, 0.25) is 5.91 Å². The van der Waals surface area contributed by atoms with Gasteiger partial charge in [-0.25, -0.2) is 4.79 Å². The van der Waals surface area contributed by atoms with E-state index < -0.39 is 17.2 Å². The number of carbonyl (C=O) groups is 2. The van der Waals surface area contributed by atoms with Crippen molar-refractivity contribution in [2.45, 2.75) is 83.5 Å². The summed E-state index contributed by atoms with van der Waals surface area (Å²) in [6.07, 6.45) is 7.01. The quantitative estimate of drug-likeness (QED) is 0.758. The maximum atomic E-state index is 13.0. The molecule has 0 aromatic carbocycles. The van der Waals surface area contributed by atoms with Crippen LogP contribution in [0.4, 0.5) is 4.79 Å². The molecule has 0 aliphatic carbocycles. The molecule has 1 fully saturated rings. The van der Waals surface area contributed by atoms with E-state index in [2.05, 4.69) is 18.3 Å². The maximum Gasteiger partial charge on any atom is 0.408 e. The zero-order valence-electron chi connectivity index (χ0n) is 14.3. The zero-order valence-corrected chi connectivity index (χ0v) is 14.3. The summed E-state index contributed by atoms with van der Waals surface area (Å²) >= 11 is 0. The molecule has 2 amide bonds. The van der Waals surface area contributed by atoms with Crippen molar-refractivity contribution >= 4 is 12.0 Å². The standard InChI is InChI=1S/C17H28N2O3/c1-12-9-10-13-8-6-7-11-17(5,14(20)19(12)13)18-15(21)22-16(2,3)4/h6-7,12-13H,8-11H2,1-5H3,(H,18,21)/b7-6-/t12-,13+,17+/m1/s1. The molecule has 2 aliphatic rings. The second kappa shape index (κ2) is 5.94. The van der Waals surface area contributed by atoms with Gasteiger partial charge in [0.25, 0.3) is 0 Å². The fraction of sp³-hybridized carbons (Fsp3) is 0.765. The zero-order chi connectivity index (χ0) is 16.5. The lowest BCUT2D eigenvalue weighted by atomic mass is 9.92. The lowest BCUT2D eigenvalue weighted by Crippen LogP contribution is -2.60. The normalized spacial score (nSPS) is 33.7. The first-order valence-electron chi connectivity index (χ1n) is 8.11. The van der Waals surface area contributed by atoms with Gasteiger partial charge in [-0.1, -0.05) is 12.2 Å². The van der Waals surface area contributed by atoms with Gasteiger partial charge in [-0.3, -0.25) is 4.79 Å². The van der Waals surface area contributed by atoms with E-state index in [4.69, 9.17) is 4.74 Å². The van der Waals surface area contributed by atoms with Crippen LogP contribution in [0.25, 0.3) is 0 Å². The Kier molecular flexibility index (Phi) is 4.54. The summed E-state index contributed by atoms with van der Waals surface area (Å²) in [7, 11) is 0. The highest BCUT2D eigenvalue weighted by molar-refractivity contribution is 5.90. The maximum absolute atomic E-state index is 13.0. The Bertz CT molecular complexity index is 481. The Morgan fingerprint density at radius 3 is 2.68 bits per heavy atom. The number of carbonyl (C=O) groups excluding carboxylic acids is 2. The first-order valence-corrected chi connectivity index (χ1v) is 8.11. The predicted molar refractivity (Wildman–Crippen MR) is 85.5 cm³/mol. The van der Waals surface area contributed by atoms with Crippen molar-refractivity contribution in [3.8, 4) is 0 Å². The van der Waals surface area contributed by atoms with Crippen LogP contribution in [-0.4, -0.2) is 40.1 Å². The molecule has 5 nitrogen and oxygen atoms in total. The molecular weight excluding hydrogens is 280 g/mol. The molecule has 2 aliphatic heterocycles. The van der Waals surface area contributed by atoms with E-state index in [1.54, 1.807) is 6.92 Å². The molecule has 0 spiro atoms. The number of rotatable bonds is 1. The van der Waals surface area contributed by atoms with Gasteiger partial charge < -0.3 is 15.0 Å². The summed E-state index contributed by atoms with van der Waals surface area (Å²) in [6, 6.07) is 0.475. The van der Waals surface area contributed by atoms with Crippen LogP contribution in [0, 0.1) is 0 Å². The number of alkyl carbamates (subject to hydrolysis) is 1. The number of hydrogen-bond donors (Lipinski definition) is 1. The van der Waals surface area contributed by atoms with E-state index in [9.17, 15) is 9.59 Å². The van der Waals surface area contributed by atoms with Gasteiger partial charge >= 0.3 is 6.09 Å². The van der Waals surface area contributed by atoms with E-state index in [-0.39, 0.29) is 18.0 Å². The molecule has 3 atom stereocenters. The van der Waals surface area contributed by atoms with Crippen molar-refractivity contribution in [2.24, 2.45) is 0 Å². The second-order valence-electron chi connectivity index (χ2n) is 7.66. The Morgan fingerprint density at radius 1 is 1.36 bits per heavy atom. The van der Waals surface area contributed by atoms with Gasteiger partial charge in [0.1, 0.15) is 11.1 Å². The monoisotopic (exact) mass is 308 g/mol. The summed E-state index contributed by atoms with van der Waals surface area (Å²) in [5.41, 5.74) is -1.53. The van der Waals surface area contributed by atoms with Gasteiger partial charge in [0.05, 0.1) is 0 Å². The summed E-state index contributed by atoms with van der Waals surface area (Å²) in [5, 5.41) is 2.80. The van der Waals surface area contributed by atoms with Gasteiger partial charge in [-0.2, -0.15) is 0 Å². The Balaban J connectivity index is 2.19. The topological polar surface area (TPSA) is 58.6 Å². The minimum Gasteiger partial charge on any atom is -0.444 e. The lowest BCUT2D eigenvalue weighted by Gasteiger charge is -2.39. The minimum atomic E-state index is -0.948. The number of fused-ring (bicyclic) bond motifs is 1. The highest BCUT2D eigenvalue weighted by atomic mass is 16.6.